The molecule has 0 atom stereocenters. The molecule has 0 unspecified atom stereocenters. The van der Waals surface area contributed by atoms with Crippen molar-refractivity contribution in [2.24, 2.45) is 0 Å². The zero-order valence-corrected chi connectivity index (χ0v) is 11.7. The fraction of sp³-hybridized carbons (Fsp3) is 0.143. The molecule has 0 heterocycles. The molecule has 0 bridgehead atoms. The predicted molar refractivity (Wildman–Crippen MR) is 80.6 cm³/mol. The van der Waals surface area contributed by atoms with Crippen molar-refractivity contribution in [3.05, 3.63) is 62.7 Å². The first kappa shape index (κ1) is 15.2. The Morgan fingerprint density at radius 2 is 1.73 bits per heavy atom. The van der Waals surface area contributed by atoms with Crippen molar-refractivity contribution >= 4 is 22.7 Å². The van der Waals surface area contributed by atoms with Crippen molar-refractivity contribution in [3.8, 4) is 5.75 Å². The van der Waals surface area contributed by atoms with Crippen LogP contribution in [0.25, 0.3) is 0 Å². The lowest BCUT2D eigenvalue weighted by Gasteiger charge is -2.08. The molecule has 22 heavy (non-hydrogen) atoms. The van der Waals surface area contributed by atoms with Gasteiger partial charge in [-0.05, 0) is 37.3 Å². The summed E-state index contributed by atoms with van der Waals surface area (Å²) in [6.45, 7) is 2.41. The van der Waals surface area contributed by atoms with Crippen LogP contribution in [0.5, 0.6) is 5.75 Å². The van der Waals surface area contributed by atoms with Crippen molar-refractivity contribution in [1.29, 1.82) is 0 Å². The largest absolute Gasteiger partial charge is 0.494 e. The Balaban J connectivity index is 2.28. The molecule has 0 saturated heterocycles. The second-order valence-electron chi connectivity index (χ2n) is 4.30. The number of nitrogens with zero attached hydrogens (tertiary/aromatic N) is 2. The molecule has 0 aromatic heterocycles. The van der Waals surface area contributed by atoms with E-state index >= 15 is 0 Å². The van der Waals surface area contributed by atoms with Crippen LogP contribution in [0, 0.1) is 20.2 Å². The van der Waals surface area contributed by atoms with Crippen LogP contribution < -0.4 is 10.1 Å². The van der Waals surface area contributed by atoms with Gasteiger partial charge in [0.15, 0.2) is 0 Å². The van der Waals surface area contributed by atoms with E-state index in [2.05, 4.69) is 5.32 Å². The summed E-state index contributed by atoms with van der Waals surface area (Å²) in [5.41, 5.74) is 0.104. The summed E-state index contributed by atoms with van der Waals surface area (Å²) < 4.78 is 5.30. The van der Waals surface area contributed by atoms with Gasteiger partial charge in [0.05, 0.1) is 22.5 Å². The van der Waals surface area contributed by atoms with Gasteiger partial charge in [0.2, 0.25) is 0 Å². The van der Waals surface area contributed by atoms with E-state index < -0.39 is 9.85 Å². The molecule has 8 nitrogen and oxygen atoms in total. The molecule has 2 rings (SSSR count). The van der Waals surface area contributed by atoms with Crippen molar-refractivity contribution < 1.29 is 14.6 Å². The summed E-state index contributed by atoms with van der Waals surface area (Å²) in [7, 11) is 0. The van der Waals surface area contributed by atoms with E-state index in [1.54, 1.807) is 24.3 Å². The number of ether oxygens (including phenoxy) is 1. The maximum absolute atomic E-state index is 11.0. The molecule has 8 heteroatoms. The lowest BCUT2D eigenvalue weighted by atomic mass is 10.2. The molecule has 114 valence electrons. The van der Waals surface area contributed by atoms with Crippen molar-refractivity contribution in [1.82, 2.24) is 0 Å². The van der Waals surface area contributed by atoms with E-state index in [0.29, 0.717) is 18.0 Å². The second kappa shape index (κ2) is 6.53. The number of anilines is 2. The molecule has 0 aliphatic carbocycles. The Morgan fingerprint density at radius 3 is 2.27 bits per heavy atom. The third-order valence-electron chi connectivity index (χ3n) is 2.83. The predicted octanol–water partition coefficient (Wildman–Crippen LogP) is 3.65. The lowest BCUT2D eigenvalue weighted by molar-refractivity contribution is -0.393. The molecule has 0 spiro atoms. The van der Waals surface area contributed by atoms with Crippen molar-refractivity contribution in [2.75, 3.05) is 11.9 Å². The highest BCUT2D eigenvalue weighted by Gasteiger charge is 2.19. The summed E-state index contributed by atoms with van der Waals surface area (Å²) in [5, 5.41) is 24.6. The summed E-state index contributed by atoms with van der Waals surface area (Å²) >= 11 is 0. The van der Waals surface area contributed by atoms with Crippen LogP contribution in [0.1, 0.15) is 6.92 Å². The van der Waals surface area contributed by atoms with Crippen molar-refractivity contribution in [2.45, 2.75) is 6.92 Å². The standard InChI is InChI=1S/C14H13N3O5/c1-2-22-12-6-3-10(4-7-12)15-13-8-5-11(16(18)19)9-14(13)17(20)21/h3-9,15H,2H2,1H3. The van der Waals surface area contributed by atoms with Crippen LogP contribution in [-0.2, 0) is 0 Å². The molecule has 0 radical (unpaired) electrons. The normalized spacial score (nSPS) is 10.0. The lowest BCUT2D eigenvalue weighted by Crippen LogP contribution is -1.99. The second-order valence-corrected chi connectivity index (χ2v) is 4.30. The van der Waals surface area contributed by atoms with E-state index in [-0.39, 0.29) is 17.1 Å². The molecular weight excluding hydrogens is 290 g/mol. The monoisotopic (exact) mass is 303 g/mol. The van der Waals surface area contributed by atoms with Crippen LogP contribution >= 0.6 is 0 Å². The van der Waals surface area contributed by atoms with E-state index in [9.17, 15) is 20.2 Å². The number of non-ortho nitro benzene ring substituents is 1. The number of hydrogen-bond acceptors (Lipinski definition) is 6. The minimum absolute atomic E-state index is 0.180. The number of nitro benzene ring substituents is 2. The average Bonchev–Trinajstić information content (AvgIpc) is 2.49. The Kier molecular flexibility index (Phi) is 4.52. The fourth-order valence-corrected chi connectivity index (χ4v) is 1.85. The van der Waals surface area contributed by atoms with Crippen LogP contribution in [0.3, 0.4) is 0 Å². The van der Waals surface area contributed by atoms with Crippen LogP contribution in [0.4, 0.5) is 22.7 Å². The molecule has 0 saturated carbocycles. The molecule has 1 N–H and O–H groups in total. The Bertz CT molecular complexity index is 700. The molecule has 2 aromatic rings. The number of benzene rings is 2. The summed E-state index contributed by atoms with van der Waals surface area (Å²) in [6.07, 6.45) is 0. The number of nitrogens with one attached hydrogen (secondary N) is 1. The summed E-state index contributed by atoms with van der Waals surface area (Å²) in [4.78, 5) is 20.4. The van der Waals surface area contributed by atoms with Crippen LogP contribution in [0.15, 0.2) is 42.5 Å². The smallest absolute Gasteiger partial charge is 0.299 e. The third kappa shape index (κ3) is 3.48. The topological polar surface area (TPSA) is 108 Å². The van der Waals surface area contributed by atoms with Gasteiger partial charge >= 0.3 is 0 Å². The highest BCUT2D eigenvalue weighted by molar-refractivity contribution is 5.71. The fourth-order valence-electron chi connectivity index (χ4n) is 1.85. The minimum atomic E-state index is -0.673. The number of hydrogen-bond donors (Lipinski definition) is 1. The van der Waals surface area contributed by atoms with E-state index in [1.165, 1.54) is 12.1 Å². The van der Waals surface area contributed by atoms with Gasteiger partial charge in [-0.15, -0.1) is 0 Å². The van der Waals surface area contributed by atoms with E-state index in [1.807, 2.05) is 6.92 Å². The SMILES string of the molecule is CCOc1ccc(Nc2ccc([N+](=O)[O-])cc2[N+](=O)[O-])cc1. The molecular formula is C14H13N3O5. The first-order valence-corrected chi connectivity index (χ1v) is 6.44. The maximum atomic E-state index is 11.0. The zero-order chi connectivity index (χ0) is 16.1. The highest BCUT2D eigenvalue weighted by Crippen LogP contribution is 2.31. The summed E-state index contributed by atoms with van der Waals surface area (Å²) in [5.74, 6) is 0.686. The third-order valence-corrected chi connectivity index (χ3v) is 2.83. The van der Waals surface area contributed by atoms with Gasteiger partial charge in [-0.2, -0.15) is 0 Å². The zero-order valence-electron chi connectivity index (χ0n) is 11.7. The molecule has 0 aliphatic heterocycles. The van der Waals surface area contributed by atoms with Gasteiger partial charge in [0.1, 0.15) is 11.4 Å². The molecule has 0 fully saturated rings. The first-order chi connectivity index (χ1) is 10.5. The van der Waals surface area contributed by atoms with Crippen LogP contribution in [0.2, 0.25) is 0 Å². The quantitative estimate of drug-likeness (QED) is 0.644. The maximum Gasteiger partial charge on any atom is 0.299 e. The van der Waals surface area contributed by atoms with Crippen LogP contribution in [-0.4, -0.2) is 16.5 Å². The van der Waals surface area contributed by atoms with Gasteiger partial charge < -0.3 is 10.1 Å². The Labute approximate surface area is 125 Å². The average molecular weight is 303 g/mol. The number of nitro groups is 2. The number of rotatable bonds is 6. The first-order valence-electron chi connectivity index (χ1n) is 6.44. The highest BCUT2D eigenvalue weighted by atomic mass is 16.6. The molecule has 0 amide bonds. The Morgan fingerprint density at radius 1 is 1.05 bits per heavy atom. The molecule has 0 aliphatic rings. The van der Waals surface area contributed by atoms with Gasteiger partial charge in [-0.3, -0.25) is 20.2 Å². The van der Waals surface area contributed by atoms with Gasteiger partial charge in [-0.25, -0.2) is 0 Å². The Hall–Kier alpha value is -3.16. The van der Waals surface area contributed by atoms with E-state index in [0.717, 1.165) is 6.07 Å². The molecule has 2 aromatic carbocycles. The van der Waals surface area contributed by atoms with Gasteiger partial charge in [-0.1, -0.05) is 0 Å². The van der Waals surface area contributed by atoms with Gasteiger partial charge in [0, 0.05) is 11.8 Å². The minimum Gasteiger partial charge on any atom is -0.494 e. The van der Waals surface area contributed by atoms with Crippen molar-refractivity contribution in [3.63, 3.8) is 0 Å². The van der Waals surface area contributed by atoms with Gasteiger partial charge in [0.25, 0.3) is 11.4 Å². The summed E-state index contributed by atoms with van der Waals surface area (Å²) in [6, 6.07) is 10.3. The van der Waals surface area contributed by atoms with E-state index in [4.69, 9.17) is 4.74 Å².